The monoisotopic (exact) mass is 433 g/mol. The number of hydrogen-bond acceptors (Lipinski definition) is 6. The maximum absolute atomic E-state index is 12.7. The minimum atomic E-state index is -4.92. The van der Waals surface area contributed by atoms with E-state index in [1.807, 2.05) is 0 Å². The second kappa shape index (κ2) is 8.03. The van der Waals surface area contributed by atoms with Crippen LogP contribution in [0.1, 0.15) is 18.6 Å². The van der Waals surface area contributed by atoms with Crippen LogP contribution in [-0.2, 0) is 14.8 Å². The number of carbonyl (C=O) groups excluding carboxylic acids is 1. The summed E-state index contributed by atoms with van der Waals surface area (Å²) in [6, 6.07) is 5.79. The van der Waals surface area contributed by atoms with Gasteiger partial charge in [-0.3, -0.25) is 4.79 Å². The van der Waals surface area contributed by atoms with Gasteiger partial charge in [0.25, 0.3) is 0 Å². The van der Waals surface area contributed by atoms with Crippen LogP contribution >= 0.6 is 0 Å². The van der Waals surface area contributed by atoms with Crippen LogP contribution < -0.4 is 10.1 Å². The van der Waals surface area contributed by atoms with E-state index in [0.29, 0.717) is 5.76 Å². The van der Waals surface area contributed by atoms with E-state index in [1.54, 1.807) is 13.0 Å². The lowest BCUT2D eigenvalue weighted by molar-refractivity contribution is -0.274. The molecule has 0 saturated carbocycles. The number of piperidine rings is 1. The molecule has 1 aromatic heterocycles. The number of aryl methyl sites for hydroxylation is 1. The highest BCUT2D eigenvalue weighted by Gasteiger charge is 2.34. The number of aromatic nitrogens is 1. The van der Waals surface area contributed by atoms with Crippen molar-refractivity contribution >= 4 is 21.7 Å². The third-order valence-electron chi connectivity index (χ3n) is 4.38. The van der Waals surface area contributed by atoms with Gasteiger partial charge in [-0.25, -0.2) is 8.42 Å². The molecule has 1 aromatic carbocycles. The number of benzene rings is 1. The maximum Gasteiger partial charge on any atom is 0.573 e. The van der Waals surface area contributed by atoms with E-state index in [1.165, 1.54) is 12.1 Å². The number of ether oxygens (including phenoxy) is 1. The molecule has 0 radical (unpaired) electrons. The van der Waals surface area contributed by atoms with Gasteiger partial charge in [-0.1, -0.05) is 11.2 Å². The number of sulfonamides is 1. The summed E-state index contributed by atoms with van der Waals surface area (Å²) in [6.07, 6.45) is -4.39. The lowest BCUT2D eigenvalue weighted by atomic mass is 9.97. The molecule has 0 spiro atoms. The Bertz CT molecular complexity index is 982. The molecule has 12 heteroatoms. The largest absolute Gasteiger partial charge is 0.573 e. The van der Waals surface area contributed by atoms with E-state index >= 15 is 0 Å². The summed E-state index contributed by atoms with van der Waals surface area (Å²) in [7, 11) is -4.02. The molecule has 0 unspecified atom stereocenters. The predicted molar refractivity (Wildman–Crippen MR) is 94.5 cm³/mol. The molecular weight excluding hydrogens is 415 g/mol. The van der Waals surface area contributed by atoms with E-state index in [9.17, 15) is 26.4 Å². The molecule has 0 bridgehead atoms. The second-order valence-electron chi connectivity index (χ2n) is 6.51. The number of anilines is 1. The zero-order chi connectivity index (χ0) is 21.2. The van der Waals surface area contributed by atoms with Gasteiger partial charge in [0.15, 0.2) is 5.82 Å². The summed E-state index contributed by atoms with van der Waals surface area (Å²) in [6.45, 7) is 1.80. The van der Waals surface area contributed by atoms with E-state index in [-0.39, 0.29) is 42.6 Å². The molecule has 158 valence electrons. The summed E-state index contributed by atoms with van der Waals surface area (Å²) >= 11 is 0. The molecule has 0 aliphatic carbocycles. The summed E-state index contributed by atoms with van der Waals surface area (Å²) in [4.78, 5) is 12.0. The molecule has 2 heterocycles. The highest BCUT2D eigenvalue weighted by Crippen LogP contribution is 2.29. The molecule has 1 N–H and O–H groups in total. The first-order valence-electron chi connectivity index (χ1n) is 8.65. The van der Waals surface area contributed by atoms with Gasteiger partial charge >= 0.3 is 6.36 Å². The lowest BCUT2D eigenvalue weighted by Gasteiger charge is -2.30. The smallest absolute Gasteiger partial charge is 0.406 e. The van der Waals surface area contributed by atoms with Gasteiger partial charge in [0, 0.05) is 31.1 Å². The molecule has 8 nitrogen and oxygen atoms in total. The highest BCUT2D eigenvalue weighted by atomic mass is 32.2. The van der Waals surface area contributed by atoms with Gasteiger partial charge in [0.05, 0.1) is 4.90 Å². The van der Waals surface area contributed by atoms with Crippen LogP contribution in [-0.4, -0.2) is 43.2 Å². The normalized spacial score (nSPS) is 16.6. The molecule has 1 fully saturated rings. The Balaban J connectivity index is 1.63. The zero-order valence-electron chi connectivity index (χ0n) is 15.3. The van der Waals surface area contributed by atoms with Gasteiger partial charge in [-0.05, 0) is 31.9 Å². The summed E-state index contributed by atoms with van der Waals surface area (Å²) in [5, 5.41) is 6.28. The number of carbonyl (C=O) groups is 1. The van der Waals surface area contributed by atoms with Crippen molar-refractivity contribution in [3.63, 3.8) is 0 Å². The molecule has 1 amide bonds. The first-order valence-corrected chi connectivity index (χ1v) is 10.1. The molecular formula is C17H18F3N3O5S. The van der Waals surface area contributed by atoms with Gasteiger partial charge in [-0.15, -0.1) is 13.2 Å². The summed E-state index contributed by atoms with van der Waals surface area (Å²) in [5.74, 6) is -0.507. The van der Waals surface area contributed by atoms with Crippen LogP contribution in [0.2, 0.25) is 0 Å². The third-order valence-corrected chi connectivity index (χ3v) is 6.28. The molecule has 0 atom stereocenters. The summed E-state index contributed by atoms with van der Waals surface area (Å²) < 4.78 is 72.4. The van der Waals surface area contributed by atoms with E-state index in [0.717, 1.165) is 16.4 Å². The Labute approximate surface area is 164 Å². The Morgan fingerprint density at radius 2 is 1.97 bits per heavy atom. The van der Waals surface area contributed by atoms with Crippen molar-refractivity contribution in [2.45, 2.75) is 31.0 Å². The molecule has 1 saturated heterocycles. The number of halogens is 3. The SMILES string of the molecule is Cc1cc(NC(=O)C2CCN(S(=O)(=O)c3cccc(OC(F)(F)F)c3)CC2)no1. The van der Waals surface area contributed by atoms with E-state index in [2.05, 4.69) is 15.2 Å². The highest BCUT2D eigenvalue weighted by molar-refractivity contribution is 7.89. The number of nitrogens with one attached hydrogen (secondary N) is 1. The average Bonchev–Trinajstić information content (AvgIpc) is 3.05. The molecule has 1 aliphatic heterocycles. The predicted octanol–water partition coefficient (Wildman–Crippen LogP) is 2.92. The van der Waals surface area contributed by atoms with E-state index in [4.69, 9.17) is 4.52 Å². The van der Waals surface area contributed by atoms with Gasteiger partial charge in [0.1, 0.15) is 11.5 Å². The van der Waals surface area contributed by atoms with Crippen LogP contribution in [0.15, 0.2) is 39.8 Å². The maximum atomic E-state index is 12.7. The van der Waals surface area contributed by atoms with Crippen molar-refractivity contribution in [1.29, 1.82) is 0 Å². The minimum Gasteiger partial charge on any atom is -0.406 e. The van der Waals surface area contributed by atoms with Crippen LogP contribution in [0.5, 0.6) is 5.75 Å². The number of nitrogens with zero attached hydrogens (tertiary/aromatic N) is 2. The van der Waals surface area contributed by atoms with Crippen molar-refractivity contribution in [3.8, 4) is 5.75 Å². The van der Waals surface area contributed by atoms with Crippen molar-refractivity contribution < 1.29 is 35.6 Å². The Morgan fingerprint density at radius 3 is 2.55 bits per heavy atom. The van der Waals surface area contributed by atoms with Crippen LogP contribution in [0.4, 0.5) is 19.0 Å². The van der Waals surface area contributed by atoms with Crippen molar-refractivity contribution in [2.75, 3.05) is 18.4 Å². The quantitative estimate of drug-likeness (QED) is 0.778. The fraction of sp³-hybridized carbons (Fsp3) is 0.412. The topological polar surface area (TPSA) is 102 Å². The molecule has 29 heavy (non-hydrogen) atoms. The first-order chi connectivity index (χ1) is 13.5. The second-order valence-corrected chi connectivity index (χ2v) is 8.45. The number of rotatable bonds is 5. The average molecular weight is 433 g/mol. The van der Waals surface area contributed by atoms with Gasteiger partial charge in [0.2, 0.25) is 15.9 Å². The molecule has 3 rings (SSSR count). The standard InChI is InChI=1S/C17H18F3N3O5S/c1-11-9-15(22-28-11)21-16(24)12-5-7-23(8-6-12)29(25,26)14-4-2-3-13(10-14)27-17(18,19)20/h2-4,9-10,12H,5-8H2,1H3,(H,21,22,24). The summed E-state index contributed by atoms with van der Waals surface area (Å²) in [5.41, 5.74) is 0. The Morgan fingerprint density at radius 1 is 1.28 bits per heavy atom. The van der Waals surface area contributed by atoms with Crippen molar-refractivity contribution in [1.82, 2.24) is 9.46 Å². The van der Waals surface area contributed by atoms with Crippen molar-refractivity contribution in [2.24, 2.45) is 5.92 Å². The fourth-order valence-corrected chi connectivity index (χ4v) is 4.50. The fourth-order valence-electron chi connectivity index (χ4n) is 2.99. The van der Waals surface area contributed by atoms with Crippen molar-refractivity contribution in [3.05, 3.63) is 36.1 Å². The van der Waals surface area contributed by atoms with Gasteiger partial charge < -0.3 is 14.6 Å². The first kappa shape index (κ1) is 21.1. The van der Waals surface area contributed by atoms with Crippen LogP contribution in [0, 0.1) is 12.8 Å². The zero-order valence-corrected chi connectivity index (χ0v) is 16.1. The minimum absolute atomic E-state index is 0.0582. The third kappa shape index (κ3) is 5.26. The van der Waals surface area contributed by atoms with Gasteiger partial charge in [-0.2, -0.15) is 4.31 Å². The molecule has 1 aliphatic rings. The molecule has 2 aromatic rings. The number of hydrogen-bond donors (Lipinski definition) is 1. The Hall–Kier alpha value is -2.60. The van der Waals surface area contributed by atoms with Crippen LogP contribution in [0.3, 0.4) is 0 Å². The number of amides is 1. The van der Waals surface area contributed by atoms with Crippen LogP contribution in [0.25, 0.3) is 0 Å². The van der Waals surface area contributed by atoms with E-state index < -0.39 is 28.1 Å². The number of alkyl halides is 3. The lowest BCUT2D eigenvalue weighted by Crippen LogP contribution is -2.41. The Kier molecular flexibility index (Phi) is 5.85.